The van der Waals surface area contributed by atoms with Gasteiger partial charge in [0.15, 0.2) is 5.76 Å². The zero-order chi connectivity index (χ0) is 19.2. The zero-order valence-electron chi connectivity index (χ0n) is 15.1. The number of hydrogen-bond donors (Lipinski definition) is 2. The third-order valence-corrected chi connectivity index (χ3v) is 4.02. The van der Waals surface area contributed by atoms with Gasteiger partial charge >= 0.3 is 5.91 Å². The van der Waals surface area contributed by atoms with Crippen LogP contribution >= 0.6 is 0 Å². The minimum atomic E-state index is -0.506. The van der Waals surface area contributed by atoms with Crippen molar-refractivity contribution < 1.29 is 23.5 Å². The number of rotatable bonds is 6. The first-order chi connectivity index (χ1) is 13.1. The fourth-order valence-electron chi connectivity index (χ4n) is 2.57. The van der Waals surface area contributed by atoms with E-state index in [1.165, 1.54) is 0 Å². The molecule has 0 fully saturated rings. The summed E-state index contributed by atoms with van der Waals surface area (Å²) in [6.45, 7) is 1.98. The molecule has 0 radical (unpaired) electrons. The number of carbonyl (C=O) groups is 2. The third-order valence-electron chi connectivity index (χ3n) is 4.02. The highest BCUT2D eigenvalue weighted by molar-refractivity contribution is 5.99. The number of fused-ring (bicyclic) bond motifs is 1. The first-order valence-electron chi connectivity index (χ1n) is 8.42. The van der Waals surface area contributed by atoms with Gasteiger partial charge in [0.25, 0.3) is 0 Å². The standard InChI is InChI=1S/C20H20N2O5/c1-13-16-5-3-4-6-17(16)27-19(13)20(24)22-21-18(23)11-12-26-15-9-7-14(25-2)8-10-15/h3-10H,11-12H2,1-2H3,(H,21,23)(H,22,24). The summed E-state index contributed by atoms with van der Waals surface area (Å²) in [6, 6.07) is 14.4. The highest BCUT2D eigenvalue weighted by Crippen LogP contribution is 2.24. The highest BCUT2D eigenvalue weighted by atomic mass is 16.5. The molecule has 7 heteroatoms. The first kappa shape index (κ1) is 18.3. The van der Waals surface area contributed by atoms with Gasteiger partial charge in [-0.3, -0.25) is 20.4 Å². The molecular weight excluding hydrogens is 348 g/mol. The summed E-state index contributed by atoms with van der Waals surface area (Å²) < 4.78 is 16.1. The summed E-state index contributed by atoms with van der Waals surface area (Å²) in [7, 11) is 1.58. The molecular formula is C20H20N2O5. The van der Waals surface area contributed by atoms with E-state index in [9.17, 15) is 9.59 Å². The maximum Gasteiger partial charge on any atom is 0.305 e. The van der Waals surface area contributed by atoms with E-state index in [4.69, 9.17) is 13.9 Å². The highest BCUT2D eigenvalue weighted by Gasteiger charge is 2.17. The Morgan fingerprint density at radius 1 is 1.00 bits per heavy atom. The molecule has 3 aromatic rings. The van der Waals surface area contributed by atoms with Crippen molar-refractivity contribution in [1.29, 1.82) is 0 Å². The average molecular weight is 368 g/mol. The van der Waals surface area contributed by atoms with E-state index in [1.54, 1.807) is 44.4 Å². The molecule has 27 heavy (non-hydrogen) atoms. The van der Waals surface area contributed by atoms with E-state index < -0.39 is 5.91 Å². The summed E-state index contributed by atoms with van der Waals surface area (Å²) >= 11 is 0. The number of furan rings is 1. The van der Waals surface area contributed by atoms with Crippen molar-refractivity contribution >= 4 is 22.8 Å². The van der Waals surface area contributed by atoms with Crippen molar-refractivity contribution in [1.82, 2.24) is 10.9 Å². The molecule has 2 amide bonds. The van der Waals surface area contributed by atoms with Crippen LogP contribution in [0.2, 0.25) is 0 Å². The van der Waals surface area contributed by atoms with Crippen molar-refractivity contribution in [2.75, 3.05) is 13.7 Å². The molecule has 0 spiro atoms. The van der Waals surface area contributed by atoms with E-state index in [2.05, 4.69) is 10.9 Å². The van der Waals surface area contributed by atoms with Gasteiger partial charge in [0.1, 0.15) is 17.1 Å². The van der Waals surface area contributed by atoms with Crippen LogP contribution in [0.15, 0.2) is 52.9 Å². The Balaban J connectivity index is 1.46. The Morgan fingerprint density at radius 3 is 2.41 bits per heavy atom. The number of hydrogen-bond acceptors (Lipinski definition) is 5. The molecule has 2 aromatic carbocycles. The van der Waals surface area contributed by atoms with E-state index in [1.807, 2.05) is 18.2 Å². The number of hydrazine groups is 1. The van der Waals surface area contributed by atoms with Crippen LogP contribution in [0.3, 0.4) is 0 Å². The summed E-state index contributed by atoms with van der Waals surface area (Å²) in [5, 5.41) is 0.863. The largest absolute Gasteiger partial charge is 0.497 e. The van der Waals surface area contributed by atoms with Gasteiger partial charge in [0.05, 0.1) is 20.1 Å². The van der Waals surface area contributed by atoms with E-state index in [0.29, 0.717) is 11.3 Å². The normalized spacial score (nSPS) is 10.4. The van der Waals surface area contributed by atoms with Crippen LogP contribution in [-0.2, 0) is 4.79 Å². The number of aryl methyl sites for hydroxylation is 1. The Bertz CT molecular complexity index is 947. The minimum Gasteiger partial charge on any atom is -0.497 e. The average Bonchev–Trinajstić information content (AvgIpc) is 3.04. The molecule has 0 atom stereocenters. The quantitative estimate of drug-likeness (QED) is 0.653. The van der Waals surface area contributed by atoms with E-state index >= 15 is 0 Å². The maximum atomic E-state index is 12.2. The van der Waals surface area contributed by atoms with E-state index in [-0.39, 0.29) is 24.7 Å². The predicted octanol–water partition coefficient (Wildman–Crippen LogP) is 2.98. The lowest BCUT2D eigenvalue weighted by Gasteiger charge is -2.08. The lowest BCUT2D eigenvalue weighted by Crippen LogP contribution is -2.42. The number of benzene rings is 2. The molecule has 3 rings (SSSR count). The molecule has 0 aliphatic carbocycles. The minimum absolute atomic E-state index is 0.0887. The fourth-order valence-corrected chi connectivity index (χ4v) is 2.57. The monoisotopic (exact) mass is 368 g/mol. The number of methoxy groups -OCH3 is 1. The van der Waals surface area contributed by atoms with Gasteiger partial charge in [0, 0.05) is 10.9 Å². The van der Waals surface area contributed by atoms with Crippen molar-refractivity contribution in [3.05, 3.63) is 59.9 Å². The van der Waals surface area contributed by atoms with Crippen molar-refractivity contribution in [3.8, 4) is 11.5 Å². The number of amides is 2. The van der Waals surface area contributed by atoms with Gasteiger partial charge in [0.2, 0.25) is 5.91 Å². The Labute approximate surface area is 156 Å². The van der Waals surface area contributed by atoms with Crippen molar-refractivity contribution in [3.63, 3.8) is 0 Å². The second kappa shape index (κ2) is 8.27. The van der Waals surface area contributed by atoms with Gasteiger partial charge in [-0.2, -0.15) is 0 Å². The molecule has 0 saturated heterocycles. The van der Waals surface area contributed by atoms with Gasteiger partial charge in [-0.05, 0) is 37.3 Å². The molecule has 0 saturated carbocycles. The molecule has 7 nitrogen and oxygen atoms in total. The van der Waals surface area contributed by atoms with Crippen LogP contribution in [0.5, 0.6) is 11.5 Å². The number of ether oxygens (including phenoxy) is 2. The Morgan fingerprint density at radius 2 is 1.70 bits per heavy atom. The lowest BCUT2D eigenvalue weighted by atomic mass is 10.1. The van der Waals surface area contributed by atoms with Gasteiger partial charge in [-0.15, -0.1) is 0 Å². The van der Waals surface area contributed by atoms with Crippen molar-refractivity contribution in [2.45, 2.75) is 13.3 Å². The number of carbonyl (C=O) groups excluding carboxylic acids is 2. The van der Waals surface area contributed by atoms with Crippen LogP contribution in [0.1, 0.15) is 22.5 Å². The van der Waals surface area contributed by atoms with Crippen LogP contribution in [-0.4, -0.2) is 25.5 Å². The second-order valence-electron chi connectivity index (χ2n) is 5.83. The topological polar surface area (TPSA) is 89.8 Å². The predicted molar refractivity (Wildman–Crippen MR) is 99.7 cm³/mol. The molecule has 0 unspecified atom stereocenters. The summed E-state index contributed by atoms with van der Waals surface area (Å²) in [5.41, 5.74) is 6.07. The molecule has 1 aromatic heterocycles. The third kappa shape index (κ3) is 4.38. The Kier molecular flexibility index (Phi) is 5.61. The lowest BCUT2D eigenvalue weighted by molar-refractivity contribution is -0.122. The SMILES string of the molecule is COc1ccc(OCCC(=O)NNC(=O)c2oc3ccccc3c2C)cc1. The zero-order valence-corrected chi connectivity index (χ0v) is 15.1. The van der Waals surface area contributed by atoms with E-state index in [0.717, 1.165) is 16.7 Å². The van der Waals surface area contributed by atoms with Crippen LogP contribution in [0, 0.1) is 6.92 Å². The maximum absolute atomic E-state index is 12.2. The van der Waals surface area contributed by atoms with Crippen molar-refractivity contribution in [2.24, 2.45) is 0 Å². The van der Waals surface area contributed by atoms with Gasteiger partial charge in [-0.1, -0.05) is 18.2 Å². The fraction of sp³-hybridized carbons (Fsp3) is 0.200. The molecule has 1 heterocycles. The summed E-state index contributed by atoms with van der Waals surface area (Å²) in [5.74, 6) is 0.652. The van der Waals surface area contributed by atoms with Crippen LogP contribution in [0.25, 0.3) is 11.0 Å². The second-order valence-corrected chi connectivity index (χ2v) is 5.83. The summed E-state index contributed by atoms with van der Waals surface area (Å²) in [6.07, 6.45) is 0.0887. The first-order valence-corrected chi connectivity index (χ1v) is 8.42. The van der Waals surface area contributed by atoms with Crippen LogP contribution in [0.4, 0.5) is 0 Å². The van der Waals surface area contributed by atoms with Crippen LogP contribution < -0.4 is 20.3 Å². The molecule has 2 N–H and O–H groups in total. The number of para-hydroxylation sites is 1. The molecule has 0 aliphatic rings. The van der Waals surface area contributed by atoms with Gasteiger partial charge < -0.3 is 13.9 Å². The summed E-state index contributed by atoms with van der Waals surface area (Å²) in [4.78, 5) is 24.1. The molecule has 140 valence electrons. The van der Waals surface area contributed by atoms with Gasteiger partial charge in [-0.25, -0.2) is 0 Å². The Hall–Kier alpha value is -3.48. The molecule has 0 bridgehead atoms. The molecule has 0 aliphatic heterocycles. The number of nitrogens with one attached hydrogen (secondary N) is 2. The smallest absolute Gasteiger partial charge is 0.305 e.